The Kier molecular flexibility index (Phi) is 6.95. The fourth-order valence-corrected chi connectivity index (χ4v) is 4.43. The van der Waals surface area contributed by atoms with Gasteiger partial charge in [0.05, 0.1) is 23.5 Å². The van der Waals surface area contributed by atoms with Crippen LogP contribution in [0.25, 0.3) is 10.8 Å². The Morgan fingerprint density at radius 2 is 1.69 bits per heavy atom. The first-order valence-corrected chi connectivity index (χ1v) is 11.7. The van der Waals surface area contributed by atoms with E-state index in [2.05, 4.69) is 15.5 Å². The number of carbonyl (C=O) groups is 2. The van der Waals surface area contributed by atoms with Crippen LogP contribution >= 0.6 is 0 Å². The van der Waals surface area contributed by atoms with Crippen molar-refractivity contribution in [3.8, 4) is 0 Å². The second-order valence-corrected chi connectivity index (χ2v) is 9.52. The third-order valence-electron chi connectivity index (χ3n) is 5.82. The Labute approximate surface area is 205 Å². The molecule has 1 heterocycles. The Hall–Kier alpha value is -3.62. The van der Waals surface area contributed by atoms with Crippen molar-refractivity contribution in [3.05, 3.63) is 66.7 Å². The number of nitrogens with one attached hydrogen (secondary N) is 1. The predicted molar refractivity (Wildman–Crippen MR) is 137 cm³/mol. The van der Waals surface area contributed by atoms with E-state index in [4.69, 9.17) is 10.5 Å². The monoisotopic (exact) mass is 473 g/mol. The number of benzene rings is 3. The Balaban J connectivity index is 1.69. The SMILES string of the molecule is CC(C)(C)O[C@@]1(C(=O)Nc2ccc(N=Nc3ccccc3)c3ccccc23)CCCN1C(=O)CN. The number of amides is 2. The van der Waals surface area contributed by atoms with Crippen LogP contribution in [0.3, 0.4) is 0 Å². The molecule has 0 bridgehead atoms. The van der Waals surface area contributed by atoms with Gasteiger partial charge in [0.25, 0.3) is 5.91 Å². The molecule has 4 rings (SSSR count). The average Bonchev–Trinajstić information content (AvgIpc) is 3.27. The summed E-state index contributed by atoms with van der Waals surface area (Å²) < 4.78 is 6.28. The number of nitrogens with zero attached hydrogens (tertiary/aromatic N) is 3. The van der Waals surface area contributed by atoms with E-state index < -0.39 is 17.2 Å². The van der Waals surface area contributed by atoms with Crippen molar-refractivity contribution in [2.45, 2.75) is 44.9 Å². The molecule has 35 heavy (non-hydrogen) atoms. The molecule has 8 nitrogen and oxygen atoms in total. The Bertz CT molecular complexity index is 1250. The Morgan fingerprint density at radius 3 is 2.37 bits per heavy atom. The highest BCUT2D eigenvalue weighted by molar-refractivity contribution is 6.08. The molecule has 3 N–H and O–H groups in total. The molecule has 1 atom stereocenters. The smallest absolute Gasteiger partial charge is 0.278 e. The van der Waals surface area contributed by atoms with Gasteiger partial charge in [0.2, 0.25) is 11.6 Å². The largest absolute Gasteiger partial charge is 0.341 e. The third kappa shape index (κ3) is 5.23. The number of hydrogen-bond acceptors (Lipinski definition) is 6. The normalized spacial score (nSPS) is 18.3. The highest BCUT2D eigenvalue weighted by atomic mass is 16.5. The van der Waals surface area contributed by atoms with E-state index in [1.807, 2.05) is 81.4 Å². The lowest BCUT2D eigenvalue weighted by Crippen LogP contribution is -2.60. The van der Waals surface area contributed by atoms with E-state index in [1.165, 1.54) is 4.90 Å². The van der Waals surface area contributed by atoms with Crippen molar-refractivity contribution < 1.29 is 14.3 Å². The molecule has 1 aliphatic rings. The summed E-state index contributed by atoms with van der Waals surface area (Å²) in [5.41, 5.74) is 5.61. The molecule has 2 amide bonds. The molecule has 8 heteroatoms. The number of fused-ring (bicyclic) bond motifs is 1. The lowest BCUT2D eigenvalue weighted by molar-refractivity contribution is -0.201. The number of likely N-dealkylation sites (tertiary alicyclic amines) is 1. The predicted octanol–water partition coefficient (Wildman–Crippen LogP) is 5.29. The highest BCUT2D eigenvalue weighted by Gasteiger charge is 2.52. The first-order chi connectivity index (χ1) is 16.7. The minimum atomic E-state index is -1.43. The van der Waals surface area contributed by atoms with Gasteiger partial charge in [-0.1, -0.05) is 42.5 Å². The van der Waals surface area contributed by atoms with Gasteiger partial charge in [-0.05, 0) is 51.5 Å². The van der Waals surface area contributed by atoms with Crippen LogP contribution in [0.2, 0.25) is 0 Å². The summed E-state index contributed by atoms with van der Waals surface area (Å²) in [6.07, 6.45) is 1.04. The fourth-order valence-electron chi connectivity index (χ4n) is 4.43. The van der Waals surface area contributed by atoms with Gasteiger partial charge in [0.1, 0.15) is 0 Å². The zero-order chi connectivity index (χ0) is 25.1. The van der Waals surface area contributed by atoms with Crippen LogP contribution in [0, 0.1) is 0 Å². The van der Waals surface area contributed by atoms with E-state index in [0.29, 0.717) is 30.8 Å². The molecular formula is C27H31N5O3. The number of nitrogens with two attached hydrogens (primary N) is 1. The van der Waals surface area contributed by atoms with Gasteiger partial charge >= 0.3 is 0 Å². The third-order valence-corrected chi connectivity index (χ3v) is 5.82. The molecule has 0 unspecified atom stereocenters. The summed E-state index contributed by atoms with van der Waals surface area (Å²) >= 11 is 0. The van der Waals surface area contributed by atoms with E-state index in [1.54, 1.807) is 6.07 Å². The van der Waals surface area contributed by atoms with Gasteiger partial charge < -0.3 is 20.7 Å². The number of anilines is 1. The summed E-state index contributed by atoms with van der Waals surface area (Å²) in [7, 11) is 0. The summed E-state index contributed by atoms with van der Waals surface area (Å²) in [5.74, 6) is -0.709. The lowest BCUT2D eigenvalue weighted by atomic mass is 10.0. The number of hydrogen-bond donors (Lipinski definition) is 2. The molecule has 1 saturated heterocycles. The molecule has 3 aromatic rings. The van der Waals surface area contributed by atoms with E-state index in [9.17, 15) is 9.59 Å². The summed E-state index contributed by atoms with van der Waals surface area (Å²) in [4.78, 5) is 27.9. The summed E-state index contributed by atoms with van der Waals surface area (Å²) in [6.45, 7) is 5.83. The second kappa shape index (κ2) is 9.93. The average molecular weight is 474 g/mol. The maximum Gasteiger partial charge on any atom is 0.278 e. The first-order valence-electron chi connectivity index (χ1n) is 11.7. The molecule has 1 aliphatic heterocycles. The molecular weight excluding hydrogens is 442 g/mol. The number of ether oxygens (including phenoxy) is 1. The van der Waals surface area contributed by atoms with Gasteiger partial charge in [0.15, 0.2) is 0 Å². The van der Waals surface area contributed by atoms with Gasteiger partial charge in [-0.3, -0.25) is 9.59 Å². The maximum absolute atomic E-state index is 13.8. The maximum atomic E-state index is 13.8. The lowest BCUT2D eigenvalue weighted by Gasteiger charge is -2.41. The van der Waals surface area contributed by atoms with Gasteiger partial charge in [-0.2, -0.15) is 5.11 Å². The molecule has 0 aromatic heterocycles. The van der Waals surface area contributed by atoms with Crippen LogP contribution in [-0.4, -0.2) is 41.1 Å². The van der Waals surface area contributed by atoms with Crippen LogP contribution in [-0.2, 0) is 14.3 Å². The van der Waals surface area contributed by atoms with Gasteiger partial charge in [-0.25, -0.2) is 0 Å². The number of carbonyl (C=O) groups excluding carboxylic acids is 2. The number of rotatable bonds is 6. The zero-order valence-corrected chi connectivity index (χ0v) is 20.3. The molecule has 0 spiro atoms. The molecule has 3 aromatic carbocycles. The zero-order valence-electron chi connectivity index (χ0n) is 20.3. The van der Waals surface area contributed by atoms with E-state index >= 15 is 0 Å². The molecule has 0 aliphatic carbocycles. The summed E-state index contributed by atoms with van der Waals surface area (Å²) in [5, 5.41) is 13.4. The minimum Gasteiger partial charge on any atom is -0.341 e. The van der Waals surface area contributed by atoms with E-state index in [-0.39, 0.29) is 12.5 Å². The van der Waals surface area contributed by atoms with Crippen LogP contribution < -0.4 is 11.1 Å². The number of azo groups is 1. The molecule has 0 saturated carbocycles. The minimum absolute atomic E-state index is 0.188. The van der Waals surface area contributed by atoms with Crippen molar-refractivity contribution in [1.29, 1.82) is 0 Å². The first kappa shape index (κ1) is 24.5. The van der Waals surface area contributed by atoms with Crippen LogP contribution in [0.15, 0.2) is 77.0 Å². The van der Waals surface area contributed by atoms with Crippen molar-refractivity contribution in [1.82, 2.24) is 4.90 Å². The molecule has 1 fully saturated rings. The van der Waals surface area contributed by atoms with Gasteiger partial charge in [-0.15, -0.1) is 5.11 Å². The fraction of sp³-hybridized carbons (Fsp3) is 0.333. The topological polar surface area (TPSA) is 109 Å². The van der Waals surface area contributed by atoms with Crippen molar-refractivity contribution >= 4 is 39.6 Å². The van der Waals surface area contributed by atoms with Gasteiger partial charge in [0, 0.05) is 29.4 Å². The van der Waals surface area contributed by atoms with Crippen molar-refractivity contribution in [2.75, 3.05) is 18.4 Å². The van der Waals surface area contributed by atoms with Crippen LogP contribution in [0.1, 0.15) is 33.6 Å². The van der Waals surface area contributed by atoms with Crippen molar-refractivity contribution in [3.63, 3.8) is 0 Å². The highest BCUT2D eigenvalue weighted by Crippen LogP contribution is 2.38. The second-order valence-electron chi connectivity index (χ2n) is 9.52. The van der Waals surface area contributed by atoms with Crippen molar-refractivity contribution in [2.24, 2.45) is 16.0 Å². The Morgan fingerprint density at radius 1 is 1.00 bits per heavy atom. The molecule has 182 valence electrons. The van der Waals surface area contributed by atoms with E-state index in [0.717, 1.165) is 16.5 Å². The summed E-state index contributed by atoms with van der Waals surface area (Å²) in [6, 6.07) is 20.8. The standard InChI is InChI=1S/C27H31N5O3/c1-26(2,3)35-27(16-9-17-32(27)24(33)18-28)25(34)29-22-14-15-23(21-13-8-7-12-20(21)22)31-30-19-10-5-4-6-11-19/h4-8,10-15H,9,16-18,28H2,1-3H3,(H,29,34)/t27-/m1/s1. The quantitative estimate of drug-likeness (QED) is 0.474. The molecule has 0 radical (unpaired) electrons. The van der Waals surface area contributed by atoms with Crippen LogP contribution in [0.4, 0.5) is 17.1 Å². The van der Waals surface area contributed by atoms with Crippen LogP contribution in [0.5, 0.6) is 0 Å².